The third-order valence-corrected chi connectivity index (χ3v) is 4.48. The highest BCUT2D eigenvalue weighted by atomic mass is 35.5. The predicted octanol–water partition coefficient (Wildman–Crippen LogP) is 4.44. The highest BCUT2D eigenvalue weighted by molar-refractivity contribution is 7.99. The Morgan fingerprint density at radius 1 is 1.32 bits per heavy atom. The van der Waals surface area contributed by atoms with Gasteiger partial charge in [-0.1, -0.05) is 43.3 Å². The highest BCUT2D eigenvalue weighted by Crippen LogP contribution is 2.21. The van der Waals surface area contributed by atoms with Gasteiger partial charge >= 0.3 is 0 Å². The van der Waals surface area contributed by atoms with Crippen molar-refractivity contribution in [2.45, 2.75) is 32.2 Å². The summed E-state index contributed by atoms with van der Waals surface area (Å²) in [6.45, 7) is 9.21. The zero-order valence-corrected chi connectivity index (χ0v) is 14.4. The summed E-state index contributed by atoms with van der Waals surface area (Å²) in [7, 11) is 0. The molecule has 4 nitrogen and oxygen atoms in total. The molecule has 0 amide bonds. The van der Waals surface area contributed by atoms with Gasteiger partial charge in [-0.05, 0) is 30.2 Å². The van der Waals surface area contributed by atoms with Gasteiger partial charge in [0.15, 0.2) is 11.0 Å². The van der Waals surface area contributed by atoms with Gasteiger partial charge in [-0.15, -0.1) is 16.8 Å². The topological polar surface area (TPSA) is 39.9 Å². The van der Waals surface area contributed by atoms with Gasteiger partial charge < -0.3 is 4.74 Å². The summed E-state index contributed by atoms with van der Waals surface area (Å²) < 4.78 is 7.79. The molecule has 0 aliphatic rings. The summed E-state index contributed by atoms with van der Waals surface area (Å²) in [5, 5.41) is 10.1. The van der Waals surface area contributed by atoms with Crippen molar-refractivity contribution in [2.24, 2.45) is 5.92 Å². The third kappa shape index (κ3) is 4.78. The largest absolute Gasteiger partial charge is 0.486 e. The van der Waals surface area contributed by atoms with E-state index in [1.165, 1.54) is 0 Å². The number of thioether (sulfide) groups is 1. The van der Waals surface area contributed by atoms with E-state index in [0.29, 0.717) is 24.1 Å². The average Bonchev–Trinajstić information content (AvgIpc) is 2.87. The van der Waals surface area contributed by atoms with E-state index < -0.39 is 0 Å². The van der Waals surface area contributed by atoms with Gasteiger partial charge in [-0.25, -0.2) is 0 Å². The number of nitrogens with zero attached hydrogens (tertiary/aromatic N) is 3. The summed E-state index contributed by atoms with van der Waals surface area (Å²) in [4.78, 5) is 0. The number of ether oxygens (including phenoxy) is 1. The molecule has 0 aliphatic carbocycles. The van der Waals surface area contributed by atoms with Crippen LogP contribution in [0.3, 0.4) is 0 Å². The highest BCUT2D eigenvalue weighted by Gasteiger charge is 2.12. The van der Waals surface area contributed by atoms with Gasteiger partial charge in [0.25, 0.3) is 0 Å². The normalized spacial score (nSPS) is 10.9. The Labute approximate surface area is 140 Å². The molecule has 0 N–H and O–H groups in total. The van der Waals surface area contributed by atoms with E-state index in [0.717, 1.165) is 22.5 Å². The number of rotatable bonds is 8. The first-order valence-electron chi connectivity index (χ1n) is 7.14. The van der Waals surface area contributed by atoms with Crippen molar-refractivity contribution < 1.29 is 4.74 Å². The van der Waals surface area contributed by atoms with E-state index in [4.69, 9.17) is 16.3 Å². The van der Waals surface area contributed by atoms with Crippen LogP contribution in [-0.2, 0) is 13.2 Å². The fraction of sp³-hybridized carbons (Fsp3) is 0.375. The van der Waals surface area contributed by atoms with Gasteiger partial charge in [-0.3, -0.25) is 4.57 Å². The average molecular weight is 338 g/mol. The zero-order chi connectivity index (χ0) is 15.9. The lowest BCUT2D eigenvalue weighted by Gasteiger charge is -2.09. The number of benzene rings is 1. The molecule has 118 valence electrons. The predicted molar refractivity (Wildman–Crippen MR) is 91.6 cm³/mol. The van der Waals surface area contributed by atoms with E-state index in [1.807, 2.05) is 22.8 Å². The van der Waals surface area contributed by atoms with Crippen molar-refractivity contribution in [3.63, 3.8) is 0 Å². The second kappa shape index (κ2) is 8.25. The quantitative estimate of drug-likeness (QED) is 0.527. The molecule has 6 heteroatoms. The van der Waals surface area contributed by atoms with Crippen LogP contribution in [0.15, 0.2) is 42.1 Å². The first-order chi connectivity index (χ1) is 10.6. The van der Waals surface area contributed by atoms with Crippen molar-refractivity contribution >= 4 is 23.4 Å². The zero-order valence-electron chi connectivity index (χ0n) is 12.8. The molecular weight excluding hydrogens is 318 g/mol. The SMILES string of the molecule is C=CCn1c(COc2ccc(Cl)cc2)nnc1SCC(C)C. The fourth-order valence-corrected chi connectivity index (χ4v) is 2.81. The van der Waals surface area contributed by atoms with Crippen LogP contribution >= 0.6 is 23.4 Å². The molecule has 0 bridgehead atoms. The Morgan fingerprint density at radius 2 is 2.05 bits per heavy atom. The van der Waals surface area contributed by atoms with Crippen molar-refractivity contribution in [1.82, 2.24) is 14.8 Å². The number of halogens is 1. The number of aromatic nitrogens is 3. The van der Waals surface area contributed by atoms with Crippen molar-refractivity contribution in [3.05, 3.63) is 47.8 Å². The lowest BCUT2D eigenvalue weighted by Crippen LogP contribution is -2.08. The molecule has 22 heavy (non-hydrogen) atoms. The molecule has 1 aromatic carbocycles. The van der Waals surface area contributed by atoms with E-state index in [-0.39, 0.29) is 0 Å². The lowest BCUT2D eigenvalue weighted by molar-refractivity contribution is 0.289. The molecule has 0 saturated heterocycles. The Hall–Kier alpha value is -1.46. The van der Waals surface area contributed by atoms with Crippen LogP contribution < -0.4 is 4.74 Å². The van der Waals surface area contributed by atoms with Gasteiger partial charge in [-0.2, -0.15) is 0 Å². The maximum Gasteiger partial charge on any atom is 0.191 e. The summed E-state index contributed by atoms with van der Waals surface area (Å²) in [6, 6.07) is 7.28. The summed E-state index contributed by atoms with van der Waals surface area (Å²) >= 11 is 7.57. The molecule has 2 aromatic rings. The van der Waals surface area contributed by atoms with Crippen LogP contribution in [0.25, 0.3) is 0 Å². The Balaban J connectivity index is 2.05. The monoisotopic (exact) mass is 337 g/mol. The minimum Gasteiger partial charge on any atom is -0.486 e. The van der Waals surface area contributed by atoms with E-state index >= 15 is 0 Å². The van der Waals surface area contributed by atoms with Gasteiger partial charge in [0, 0.05) is 17.3 Å². The Bertz CT molecular complexity index is 610. The number of hydrogen-bond acceptors (Lipinski definition) is 4. The van der Waals surface area contributed by atoms with E-state index in [1.54, 1.807) is 23.9 Å². The van der Waals surface area contributed by atoms with E-state index in [2.05, 4.69) is 30.6 Å². The molecule has 0 fully saturated rings. The lowest BCUT2D eigenvalue weighted by atomic mass is 10.3. The summed E-state index contributed by atoms with van der Waals surface area (Å²) in [6.07, 6.45) is 1.84. The number of allylic oxidation sites excluding steroid dienone is 1. The molecule has 1 aromatic heterocycles. The van der Waals surface area contributed by atoms with Crippen molar-refractivity contribution in [3.8, 4) is 5.75 Å². The standard InChI is InChI=1S/C16H20ClN3OS/c1-4-9-20-15(18-19-16(20)22-11-12(2)3)10-21-14-7-5-13(17)6-8-14/h4-8,12H,1,9-11H2,2-3H3. The van der Waals surface area contributed by atoms with E-state index in [9.17, 15) is 0 Å². The van der Waals surface area contributed by atoms with Crippen molar-refractivity contribution in [2.75, 3.05) is 5.75 Å². The minimum atomic E-state index is 0.366. The molecule has 0 radical (unpaired) electrons. The van der Waals surface area contributed by atoms with Gasteiger partial charge in [0.2, 0.25) is 0 Å². The third-order valence-electron chi connectivity index (χ3n) is 2.83. The molecule has 0 aliphatic heterocycles. The fourth-order valence-electron chi connectivity index (χ4n) is 1.76. The van der Waals surface area contributed by atoms with Gasteiger partial charge in [0.05, 0.1) is 0 Å². The Morgan fingerprint density at radius 3 is 2.68 bits per heavy atom. The molecule has 0 saturated carbocycles. The maximum absolute atomic E-state index is 5.86. The van der Waals surface area contributed by atoms with Crippen LogP contribution in [0.5, 0.6) is 5.75 Å². The first kappa shape index (κ1) is 16.9. The van der Waals surface area contributed by atoms with Crippen LogP contribution in [0.4, 0.5) is 0 Å². The Kier molecular flexibility index (Phi) is 6.34. The van der Waals surface area contributed by atoms with Gasteiger partial charge in [0.1, 0.15) is 12.4 Å². The molecule has 1 heterocycles. The molecular formula is C16H20ClN3OS. The second-order valence-electron chi connectivity index (χ2n) is 5.25. The molecule has 0 spiro atoms. The molecule has 2 rings (SSSR count). The van der Waals surface area contributed by atoms with Crippen LogP contribution in [0, 0.1) is 5.92 Å². The van der Waals surface area contributed by atoms with Crippen molar-refractivity contribution in [1.29, 1.82) is 0 Å². The minimum absolute atomic E-state index is 0.366. The molecule has 0 atom stereocenters. The number of hydrogen-bond donors (Lipinski definition) is 0. The first-order valence-corrected chi connectivity index (χ1v) is 8.50. The van der Waals surface area contributed by atoms with Crippen LogP contribution in [-0.4, -0.2) is 20.5 Å². The van der Waals surface area contributed by atoms with Crippen LogP contribution in [0.1, 0.15) is 19.7 Å². The van der Waals surface area contributed by atoms with Crippen LogP contribution in [0.2, 0.25) is 5.02 Å². The molecule has 0 unspecified atom stereocenters. The maximum atomic E-state index is 5.86. The summed E-state index contributed by atoms with van der Waals surface area (Å²) in [5.74, 6) is 3.16. The summed E-state index contributed by atoms with van der Waals surface area (Å²) in [5.41, 5.74) is 0. The smallest absolute Gasteiger partial charge is 0.191 e. The second-order valence-corrected chi connectivity index (χ2v) is 6.67.